The van der Waals surface area contributed by atoms with E-state index in [9.17, 15) is 9.59 Å². The average molecular weight is 441 g/mol. The molecular weight excluding hydrogens is 426 g/mol. The molecule has 2 aromatic rings. The molecule has 1 aliphatic rings. The van der Waals surface area contributed by atoms with Crippen LogP contribution in [0.25, 0.3) is 11.0 Å². The van der Waals surface area contributed by atoms with Gasteiger partial charge in [0, 0.05) is 15.5 Å². The maximum Gasteiger partial charge on any atom is 0.281 e. The highest BCUT2D eigenvalue weighted by Gasteiger charge is 2.38. The molecule has 0 unspecified atom stereocenters. The van der Waals surface area contributed by atoms with E-state index < -0.39 is 0 Å². The van der Waals surface area contributed by atoms with Gasteiger partial charge in [0.1, 0.15) is 11.0 Å². The molecule has 2 amide bonds. The first kappa shape index (κ1) is 16.5. The Kier molecular flexibility index (Phi) is 4.77. The van der Waals surface area contributed by atoms with Gasteiger partial charge in [0.05, 0.1) is 0 Å². The number of amides is 2. The third-order valence-electron chi connectivity index (χ3n) is 3.85. The first-order valence-corrected chi connectivity index (χ1v) is 9.15. The Bertz CT molecular complexity index is 747. The van der Waals surface area contributed by atoms with Crippen LogP contribution in [-0.2, 0) is 0 Å². The molecule has 0 fully saturated rings. The molecule has 0 aliphatic carbocycles. The van der Waals surface area contributed by atoms with Crippen molar-refractivity contribution in [1.82, 2.24) is 14.9 Å². The molecule has 3 rings (SSSR count). The normalized spacial score (nSPS) is 14.0. The molecule has 0 N–H and O–H groups in total. The molecule has 1 aliphatic heterocycles. The smallest absolute Gasteiger partial charge is 0.272 e. The number of aromatic nitrogens is 2. The number of unbranched alkanes of at least 4 members (excludes halogenated alkanes) is 3. The van der Waals surface area contributed by atoms with Gasteiger partial charge in [0.15, 0.2) is 11.4 Å². The summed E-state index contributed by atoms with van der Waals surface area (Å²) in [6.45, 7) is 2.55. The fourth-order valence-corrected chi connectivity index (χ4v) is 3.44. The van der Waals surface area contributed by atoms with Gasteiger partial charge >= 0.3 is 0 Å². The quantitative estimate of drug-likeness (QED) is 0.512. The van der Waals surface area contributed by atoms with Crippen molar-refractivity contribution in [3.8, 4) is 0 Å². The second-order valence-electron chi connectivity index (χ2n) is 5.47. The molecule has 0 saturated carbocycles. The maximum absolute atomic E-state index is 12.5. The third kappa shape index (κ3) is 2.92. The molecule has 23 heavy (non-hydrogen) atoms. The zero-order valence-electron chi connectivity index (χ0n) is 12.6. The molecule has 2 heterocycles. The fourth-order valence-electron chi connectivity index (χ4n) is 2.62. The number of hydrogen-bond donors (Lipinski definition) is 0. The Balaban J connectivity index is 1.97. The lowest BCUT2D eigenvalue weighted by Gasteiger charge is -2.12. The van der Waals surface area contributed by atoms with E-state index >= 15 is 0 Å². The Hall–Kier alpha value is -1.34. The van der Waals surface area contributed by atoms with E-state index in [2.05, 4.69) is 48.8 Å². The van der Waals surface area contributed by atoms with Gasteiger partial charge in [-0.2, -0.15) is 0 Å². The number of benzene rings is 1. The lowest BCUT2D eigenvalue weighted by molar-refractivity contribution is 0.0648. The van der Waals surface area contributed by atoms with Gasteiger partial charge in [-0.05, 0) is 50.4 Å². The van der Waals surface area contributed by atoms with Crippen LogP contribution in [0, 0.1) is 0 Å². The van der Waals surface area contributed by atoms with Crippen LogP contribution in [0.3, 0.4) is 0 Å². The average Bonchev–Trinajstić information content (AvgIpc) is 2.78. The minimum absolute atomic E-state index is 0.150. The number of nitrogens with zero attached hydrogens (tertiary/aromatic N) is 3. The first-order chi connectivity index (χ1) is 11.0. The minimum atomic E-state index is -0.345. The van der Waals surface area contributed by atoms with Crippen molar-refractivity contribution < 1.29 is 9.59 Å². The molecule has 0 saturated heterocycles. The Morgan fingerprint density at radius 1 is 0.913 bits per heavy atom. The summed E-state index contributed by atoms with van der Waals surface area (Å²) in [5.41, 5.74) is 1.45. The fraction of sp³-hybridized carbons (Fsp3) is 0.375. The summed E-state index contributed by atoms with van der Waals surface area (Å²) < 4.78 is 1.49. The van der Waals surface area contributed by atoms with Crippen LogP contribution in [-0.4, -0.2) is 33.2 Å². The highest BCUT2D eigenvalue weighted by atomic mass is 79.9. The van der Waals surface area contributed by atoms with Gasteiger partial charge in [-0.1, -0.05) is 26.2 Å². The predicted molar refractivity (Wildman–Crippen MR) is 94.4 cm³/mol. The molecule has 5 nitrogen and oxygen atoms in total. The number of imide groups is 1. The monoisotopic (exact) mass is 439 g/mol. The van der Waals surface area contributed by atoms with Crippen molar-refractivity contribution >= 4 is 54.7 Å². The molecule has 1 aromatic heterocycles. The zero-order valence-corrected chi connectivity index (χ0v) is 15.8. The summed E-state index contributed by atoms with van der Waals surface area (Å²) in [7, 11) is 0. The van der Waals surface area contributed by atoms with Crippen LogP contribution in [0.4, 0.5) is 0 Å². The van der Waals surface area contributed by atoms with E-state index in [-0.39, 0.29) is 23.2 Å². The molecule has 7 heteroatoms. The van der Waals surface area contributed by atoms with Crippen molar-refractivity contribution in [2.45, 2.75) is 32.6 Å². The van der Waals surface area contributed by atoms with E-state index in [1.165, 1.54) is 4.90 Å². The van der Waals surface area contributed by atoms with Crippen LogP contribution in [0.2, 0.25) is 0 Å². The van der Waals surface area contributed by atoms with Crippen molar-refractivity contribution in [3.63, 3.8) is 0 Å². The highest BCUT2D eigenvalue weighted by molar-refractivity contribution is 9.11. The Labute approximate surface area is 150 Å². The second kappa shape index (κ2) is 6.65. The van der Waals surface area contributed by atoms with Gasteiger partial charge in [-0.3, -0.25) is 14.5 Å². The van der Waals surface area contributed by atoms with Crippen LogP contribution < -0.4 is 0 Å². The summed E-state index contributed by atoms with van der Waals surface area (Å²) in [4.78, 5) is 35.0. The van der Waals surface area contributed by atoms with E-state index in [1.807, 2.05) is 12.1 Å². The van der Waals surface area contributed by atoms with Crippen molar-refractivity contribution in [3.05, 3.63) is 32.5 Å². The van der Waals surface area contributed by atoms with Gasteiger partial charge in [0.25, 0.3) is 11.8 Å². The SMILES string of the molecule is CCCCCCN1C(=O)c2nc3c(Br)ccc(Br)c3nc2C1=O. The summed E-state index contributed by atoms with van der Waals surface area (Å²) in [5, 5.41) is 0. The maximum atomic E-state index is 12.5. The number of fused-ring (bicyclic) bond motifs is 2. The van der Waals surface area contributed by atoms with E-state index in [4.69, 9.17) is 0 Å². The first-order valence-electron chi connectivity index (χ1n) is 7.56. The predicted octanol–water partition coefficient (Wildman–Crippen LogP) is 4.33. The zero-order chi connectivity index (χ0) is 16.6. The van der Waals surface area contributed by atoms with Crippen LogP contribution in [0.15, 0.2) is 21.1 Å². The molecule has 0 atom stereocenters. The lowest BCUT2D eigenvalue weighted by atomic mass is 10.2. The molecule has 120 valence electrons. The van der Waals surface area contributed by atoms with Crippen LogP contribution in [0.5, 0.6) is 0 Å². The van der Waals surface area contributed by atoms with E-state index in [1.54, 1.807) is 0 Å². The van der Waals surface area contributed by atoms with Crippen molar-refractivity contribution in [2.24, 2.45) is 0 Å². The number of hydrogen-bond acceptors (Lipinski definition) is 4. The molecule has 1 aromatic carbocycles. The minimum Gasteiger partial charge on any atom is -0.272 e. The number of carbonyl (C=O) groups excluding carboxylic acids is 2. The third-order valence-corrected chi connectivity index (χ3v) is 5.13. The van der Waals surface area contributed by atoms with Gasteiger partial charge in [0.2, 0.25) is 0 Å². The topological polar surface area (TPSA) is 63.2 Å². The summed E-state index contributed by atoms with van der Waals surface area (Å²) in [6, 6.07) is 3.66. The van der Waals surface area contributed by atoms with Gasteiger partial charge in [-0.15, -0.1) is 0 Å². The standard InChI is InChI=1S/C16H15Br2N3O2/c1-2-3-4-5-8-21-15(22)13-14(16(21)23)20-12-10(18)7-6-9(17)11(12)19-13/h6-7H,2-5,8H2,1H3. The summed E-state index contributed by atoms with van der Waals surface area (Å²) in [5.74, 6) is -0.689. The van der Waals surface area contributed by atoms with Crippen molar-refractivity contribution in [2.75, 3.05) is 6.54 Å². The number of carbonyl (C=O) groups is 2. The van der Waals surface area contributed by atoms with Crippen molar-refractivity contribution in [1.29, 1.82) is 0 Å². The van der Waals surface area contributed by atoms with E-state index in [0.29, 0.717) is 17.6 Å². The van der Waals surface area contributed by atoms with Gasteiger partial charge in [-0.25, -0.2) is 9.97 Å². The summed E-state index contributed by atoms with van der Waals surface area (Å²) in [6.07, 6.45) is 4.03. The number of halogens is 2. The molecule has 0 radical (unpaired) electrons. The summed E-state index contributed by atoms with van der Waals surface area (Å²) >= 11 is 6.83. The number of rotatable bonds is 5. The van der Waals surface area contributed by atoms with Crippen LogP contribution in [0.1, 0.15) is 53.6 Å². The lowest BCUT2D eigenvalue weighted by Crippen LogP contribution is -2.30. The van der Waals surface area contributed by atoms with E-state index in [0.717, 1.165) is 34.6 Å². The largest absolute Gasteiger partial charge is 0.281 e. The highest BCUT2D eigenvalue weighted by Crippen LogP contribution is 2.31. The Morgan fingerprint density at radius 3 is 1.91 bits per heavy atom. The van der Waals surface area contributed by atoms with Crippen LogP contribution >= 0.6 is 31.9 Å². The molecular formula is C16H15Br2N3O2. The second-order valence-corrected chi connectivity index (χ2v) is 7.18. The molecule has 0 spiro atoms. The molecule has 0 bridgehead atoms. The van der Waals surface area contributed by atoms with Gasteiger partial charge < -0.3 is 0 Å². The Morgan fingerprint density at radius 2 is 1.43 bits per heavy atom.